The Balaban J connectivity index is 1.82. The number of esters is 1. The van der Waals surface area contributed by atoms with Gasteiger partial charge in [0.2, 0.25) is 0 Å². The third-order valence-electron chi connectivity index (χ3n) is 6.56. The first-order valence-corrected chi connectivity index (χ1v) is 11.9. The molecule has 7 nitrogen and oxygen atoms in total. The maximum Gasteiger partial charge on any atom is 0.331 e. The molecule has 160 valence electrons. The van der Waals surface area contributed by atoms with Crippen molar-refractivity contribution in [3.05, 3.63) is 56.9 Å². The van der Waals surface area contributed by atoms with E-state index >= 15 is 0 Å². The number of aromatic nitrogens is 2. The number of phenolic OH excluding ortho intramolecular Hbond substituents is 1. The van der Waals surface area contributed by atoms with Gasteiger partial charge in [-0.05, 0) is 48.2 Å². The topological polar surface area (TPSA) is 93.5 Å². The summed E-state index contributed by atoms with van der Waals surface area (Å²) >= 11 is 2.16. The fraction of sp³-hybridized carbons (Fsp3) is 0.348. The van der Waals surface area contributed by atoms with Crippen LogP contribution in [-0.2, 0) is 34.6 Å². The van der Waals surface area contributed by atoms with Crippen molar-refractivity contribution in [1.82, 2.24) is 14.9 Å². The standard InChI is InChI=1S/C23H22IN3O4/c1-3-13-14-7-12(28)5-6-18(14)26-20-15(13)9-27-19(20)8-17-16(21(27)29)10-31-22(30)23(17,4-2)25-11-24/h5-8,25,28H,3-4,9-11H2,1-2H3/t23-/m0/s1. The Labute approximate surface area is 192 Å². The van der Waals surface area contributed by atoms with Gasteiger partial charge in [0.15, 0.2) is 0 Å². The van der Waals surface area contributed by atoms with Crippen LogP contribution < -0.4 is 10.9 Å². The molecular formula is C23H22IN3O4. The Kier molecular flexibility index (Phi) is 4.82. The van der Waals surface area contributed by atoms with E-state index in [2.05, 4.69) is 34.8 Å². The van der Waals surface area contributed by atoms with Crippen LogP contribution in [-0.4, -0.2) is 25.2 Å². The van der Waals surface area contributed by atoms with Crippen molar-refractivity contribution in [1.29, 1.82) is 0 Å². The lowest BCUT2D eigenvalue weighted by molar-refractivity contribution is -0.156. The Hall–Kier alpha value is -2.46. The van der Waals surface area contributed by atoms with Gasteiger partial charge in [0, 0.05) is 15.5 Å². The summed E-state index contributed by atoms with van der Waals surface area (Å²) < 4.78 is 7.72. The number of benzene rings is 1. The minimum atomic E-state index is -1.04. The lowest BCUT2D eigenvalue weighted by atomic mass is 9.82. The summed E-state index contributed by atoms with van der Waals surface area (Å²) in [5.41, 5.74) is 4.39. The zero-order valence-corrected chi connectivity index (χ0v) is 19.4. The molecule has 0 aliphatic carbocycles. The van der Waals surface area contributed by atoms with Gasteiger partial charge in [0.25, 0.3) is 5.56 Å². The van der Waals surface area contributed by atoms with Gasteiger partial charge in [-0.15, -0.1) is 0 Å². The number of hydrogen-bond acceptors (Lipinski definition) is 6. The Bertz CT molecular complexity index is 1320. The molecule has 2 aliphatic rings. The van der Waals surface area contributed by atoms with Crippen molar-refractivity contribution in [2.24, 2.45) is 0 Å². The van der Waals surface area contributed by atoms with Gasteiger partial charge in [-0.1, -0.05) is 36.4 Å². The van der Waals surface area contributed by atoms with Gasteiger partial charge in [-0.2, -0.15) is 0 Å². The predicted molar refractivity (Wildman–Crippen MR) is 125 cm³/mol. The molecule has 4 heterocycles. The number of ether oxygens (including phenoxy) is 1. The number of aryl methyl sites for hydroxylation is 1. The second-order valence-corrected chi connectivity index (χ2v) is 8.69. The number of nitrogens with one attached hydrogen (secondary N) is 1. The van der Waals surface area contributed by atoms with E-state index in [4.69, 9.17) is 9.72 Å². The van der Waals surface area contributed by atoms with E-state index < -0.39 is 5.54 Å². The number of rotatable bonds is 4. The maximum absolute atomic E-state index is 13.5. The number of aromatic hydroxyl groups is 1. The number of carbonyl (C=O) groups is 1. The Morgan fingerprint density at radius 1 is 1.26 bits per heavy atom. The molecule has 1 aromatic carbocycles. The van der Waals surface area contributed by atoms with E-state index in [9.17, 15) is 14.7 Å². The smallest absolute Gasteiger partial charge is 0.331 e. The zero-order valence-electron chi connectivity index (χ0n) is 17.3. The molecule has 0 radical (unpaired) electrons. The van der Waals surface area contributed by atoms with Gasteiger partial charge in [-0.25, -0.2) is 9.78 Å². The minimum Gasteiger partial charge on any atom is -0.508 e. The van der Waals surface area contributed by atoms with Gasteiger partial charge < -0.3 is 14.4 Å². The lowest BCUT2D eigenvalue weighted by Crippen LogP contribution is -2.53. The van der Waals surface area contributed by atoms with Crippen molar-refractivity contribution < 1.29 is 14.6 Å². The van der Waals surface area contributed by atoms with Crippen molar-refractivity contribution in [2.45, 2.75) is 45.4 Å². The summed E-state index contributed by atoms with van der Waals surface area (Å²) in [6, 6.07) is 7.11. The van der Waals surface area contributed by atoms with Crippen LogP contribution >= 0.6 is 22.6 Å². The summed E-state index contributed by atoms with van der Waals surface area (Å²) in [4.78, 5) is 31.2. The molecule has 0 unspecified atom stereocenters. The highest BCUT2D eigenvalue weighted by Gasteiger charge is 2.46. The van der Waals surface area contributed by atoms with E-state index in [-0.39, 0.29) is 23.9 Å². The second kappa shape index (κ2) is 7.30. The number of carbonyl (C=O) groups excluding carboxylic acids is 1. The van der Waals surface area contributed by atoms with Crippen LogP contribution in [0.5, 0.6) is 5.75 Å². The number of halogens is 1. The van der Waals surface area contributed by atoms with Crippen LogP contribution in [0.3, 0.4) is 0 Å². The highest BCUT2D eigenvalue weighted by molar-refractivity contribution is 14.1. The average molecular weight is 531 g/mol. The molecular weight excluding hydrogens is 509 g/mol. The van der Waals surface area contributed by atoms with Crippen molar-refractivity contribution in [2.75, 3.05) is 4.55 Å². The predicted octanol–water partition coefficient (Wildman–Crippen LogP) is 3.34. The molecule has 0 saturated carbocycles. The Morgan fingerprint density at radius 3 is 2.77 bits per heavy atom. The Morgan fingerprint density at radius 2 is 2.06 bits per heavy atom. The SMILES string of the molecule is CCc1c2c(nc3ccc(O)cc13)-c1cc3c(c(=O)n1C2)COC(=O)[C@@]3(CC)NCI. The second-order valence-electron chi connectivity index (χ2n) is 7.93. The highest BCUT2D eigenvalue weighted by Crippen LogP contribution is 2.40. The molecule has 0 spiro atoms. The number of cyclic esters (lactones) is 1. The molecule has 8 heteroatoms. The quantitative estimate of drug-likeness (QED) is 0.182. The van der Waals surface area contributed by atoms with Gasteiger partial charge >= 0.3 is 5.97 Å². The summed E-state index contributed by atoms with van der Waals surface area (Å²) in [7, 11) is 0. The van der Waals surface area contributed by atoms with Crippen LogP contribution in [0.1, 0.15) is 42.5 Å². The van der Waals surface area contributed by atoms with Crippen molar-refractivity contribution >= 4 is 39.5 Å². The highest BCUT2D eigenvalue weighted by atomic mass is 127. The average Bonchev–Trinajstić information content (AvgIpc) is 3.13. The van der Waals surface area contributed by atoms with Crippen LogP contribution in [0, 0.1) is 0 Å². The van der Waals surface area contributed by atoms with Crippen molar-refractivity contribution in [3.8, 4) is 17.1 Å². The van der Waals surface area contributed by atoms with E-state index in [0.29, 0.717) is 28.6 Å². The van der Waals surface area contributed by atoms with E-state index in [1.807, 2.05) is 13.0 Å². The fourth-order valence-electron chi connectivity index (χ4n) is 4.98. The van der Waals surface area contributed by atoms with Crippen LogP contribution in [0.15, 0.2) is 29.1 Å². The van der Waals surface area contributed by atoms with Gasteiger partial charge in [-0.3, -0.25) is 10.1 Å². The van der Waals surface area contributed by atoms with Gasteiger partial charge in [0.05, 0.1) is 29.0 Å². The number of fused-ring (bicyclic) bond motifs is 5. The first-order chi connectivity index (χ1) is 14.9. The summed E-state index contributed by atoms with van der Waals surface area (Å²) in [6.45, 7) is 4.39. The van der Waals surface area contributed by atoms with Crippen molar-refractivity contribution in [3.63, 3.8) is 0 Å². The van der Waals surface area contributed by atoms with Crippen LogP contribution in [0.25, 0.3) is 22.3 Å². The first kappa shape index (κ1) is 20.4. The number of nitrogens with zero attached hydrogens (tertiary/aromatic N) is 2. The van der Waals surface area contributed by atoms with Crippen LogP contribution in [0.4, 0.5) is 0 Å². The number of hydrogen-bond donors (Lipinski definition) is 2. The van der Waals surface area contributed by atoms with Gasteiger partial charge in [0.1, 0.15) is 17.9 Å². The molecule has 3 aromatic rings. The molecule has 5 rings (SSSR count). The first-order valence-electron chi connectivity index (χ1n) is 10.3. The largest absolute Gasteiger partial charge is 0.508 e. The number of alkyl halides is 1. The summed E-state index contributed by atoms with van der Waals surface area (Å²) in [5, 5.41) is 14.2. The molecule has 0 amide bonds. The zero-order chi connectivity index (χ0) is 21.9. The molecule has 2 aromatic heterocycles. The molecule has 0 bridgehead atoms. The normalized spacial score (nSPS) is 19.1. The minimum absolute atomic E-state index is 0.0157. The number of phenols is 1. The molecule has 31 heavy (non-hydrogen) atoms. The van der Waals surface area contributed by atoms with E-state index in [1.54, 1.807) is 22.8 Å². The van der Waals surface area contributed by atoms with E-state index in [0.717, 1.165) is 39.8 Å². The summed E-state index contributed by atoms with van der Waals surface area (Å²) in [5.74, 6) is -0.154. The molecule has 2 N–H and O–H groups in total. The lowest BCUT2D eigenvalue weighted by Gasteiger charge is -2.36. The third-order valence-corrected chi connectivity index (χ3v) is 6.94. The third kappa shape index (κ3) is 2.77. The molecule has 0 saturated heterocycles. The fourth-order valence-corrected chi connectivity index (χ4v) is 5.63. The maximum atomic E-state index is 13.5. The van der Waals surface area contributed by atoms with Crippen LogP contribution in [0.2, 0.25) is 0 Å². The number of pyridine rings is 2. The molecule has 0 fully saturated rings. The monoisotopic (exact) mass is 531 g/mol. The van der Waals surface area contributed by atoms with E-state index in [1.165, 1.54) is 0 Å². The molecule has 1 atom stereocenters. The molecule has 2 aliphatic heterocycles. The summed E-state index contributed by atoms with van der Waals surface area (Å²) in [6.07, 6.45) is 1.23.